The van der Waals surface area contributed by atoms with Gasteiger partial charge in [-0.2, -0.15) is 13.2 Å². The first-order chi connectivity index (χ1) is 12.4. The van der Waals surface area contributed by atoms with Crippen molar-refractivity contribution < 1.29 is 32.7 Å². The first-order valence-corrected chi connectivity index (χ1v) is 7.10. The maximum Gasteiger partial charge on any atom is 0.490 e. The Kier molecular flexibility index (Phi) is 9.18. The van der Waals surface area contributed by atoms with Crippen molar-refractivity contribution in [3.05, 3.63) is 28.2 Å². The third-order valence-electron chi connectivity index (χ3n) is 2.65. The zero-order valence-corrected chi connectivity index (χ0v) is 14.1. The fraction of sp³-hybridized carbons (Fsp3) is 0.385. The van der Waals surface area contributed by atoms with Crippen LogP contribution in [0.25, 0.3) is 0 Å². The van der Waals surface area contributed by atoms with E-state index >= 15 is 0 Å². The van der Waals surface area contributed by atoms with Crippen molar-refractivity contribution in [3.63, 3.8) is 0 Å². The number of carboxylic acids is 1. The summed E-state index contributed by atoms with van der Waals surface area (Å²) >= 11 is 0. The van der Waals surface area contributed by atoms with E-state index in [1.807, 2.05) is 0 Å². The highest BCUT2D eigenvalue weighted by molar-refractivity contribution is 5.76. The van der Waals surface area contributed by atoms with Crippen molar-refractivity contribution in [2.24, 2.45) is 16.6 Å². The summed E-state index contributed by atoms with van der Waals surface area (Å²) in [5, 5.41) is 13.0. The molecule has 14 heteroatoms. The van der Waals surface area contributed by atoms with Crippen LogP contribution in [0.2, 0.25) is 0 Å². The van der Waals surface area contributed by atoms with Gasteiger partial charge in [0.2, 0.25) is 11.9 Å². The van der Waals surface area contributed by atoms with Gasteiger partial charge in [-0.3, -0.25) is 9.59 Å². The van der Waals surface area contributed by atoms with Gasteiger partial charge in [0, 0.05) is 5.69 Å². The molecule has 1 amide bonds. The number of aromatic nitrogens is 1. The minimum atomic E-state index is -5.08. The van der Waals surface area contributed by atoms with Crippen LogP contribution in [-0.2, 0) is 21.0 Å². The number of rotatable bonds is 6. The number of nitrogen functional groups attached to an aromatic ring is 1. The summed E-state index contributed by atoms with van der Waals surface area (Å²) in [7, 11) is 0. The number of amides is 1. The van der Waals surface area contributed by atoms with Crippen LogP contribution in [-0.4, -0.2) is 46.8 Å². The lowest BCUT2D eigenvalue weighted by Crippen LogP contribution is -2.35. The second-order valence-corrected chi connectivity index (χ2v) is 4.82. The molecule has 1 aromatic rings. The van der Waals surface area contributed by atoms with Crippen molar-refractivity contribution in [1.29, 1.82) is 0 Å². The number of anilines is 1. The number of pyridine rings is 1. The molecule has 0 aliphatic rings. The Balaban J connectivity index is 0.000000821. The van der Waals surface area contributed by atoms with E-state index in [9.17, 15) is 22.8 Å². The number of carbonyl (C=O) groups excluding carboxylic acids is 1. The van der Waals surface area contributed by atoms with Gasteiger partial charge in [-0.05, 0) is 24.2 Å². The molecule has 0 aliphatic carbocycles. The molecular weight excluding hydrogens is 377 g/mol. The molecule has 0 aliphatic heterocycles. The Morgan fingerprint density at radius 3 is 2.37 bits per heavy atom. The second-order valence-electron chi connectivity index (χ2n) is 4.82. The predicted molar refractivity (Wildman–Crippen MR) is 88.3 cm³/mol. The number of carbonyl (C=O) groups is 2. The summed E-state index contributed by atoms with van der Waals surface area (Å²) in [5.41, 5.74) is 16.0. The van der Waals surface area contributed by atoms with Crippen molar-refractivity contribution in [2.45, 2.75) is 19.6 Å². The van der Waals surface area contributed by atoms with Crippen molar-refractivity contribution in [2.75, 3.05) is 18.9 Å². The number of halogens is 3. The number of aliphatic carboxylic acids is 1. The third kappa shape index (κ3) is 9.57. The van der Waals surface area contributed by atoms with E-state index in [0.717, 1.165) is 0 Å². The molecule has 27 heavy (non-hydrogen) atoms. The maximum absolute atomic E-state index is 11.8. The molecule has 0 radical (unpaired) electrons. The van der Waals surface area contributed by atoms with Crippen molar-refractivity contribution >= 4 is 23.5 Å². The van der Waals surface area contributed by atoms with Crippen LogP contribution in [0.15, 0.2) is 22.1 Å². The van der Waals surface area contributed by atoms with Crippen LogP contribution in [0.3, 0.4) is 0 Å². The number of nitrogens with two attached hydrogens (primary N) is 3. The molecule has 0 bridgehead atoms. The van der Waals surface area contributed by atoms with Gasteiger partial charge in [0.15, 0.2) is 0 Å². The number of nitrogens with zero attached hydrogens (tertiary/aromatic N) is 2. The largest absolute Gasteiger partial charge is 0.490 e. The quantitative estimate of drug-likeness (QED) is 0.170. The molecule has 0 fully saturated rings. The van der Waals surface area contributed by atoms with E-state index in [-0.39, 0.29) is 37.3 Å². The highest BCUT2D eigenvalue weighted by atomic mass is 19.4. The van der Waals surface area contributed by atoms with Crippen LogP contribution in [0.1, 0.15) is 5.69 Å². The average Bonchev–Trinajstić information content (AvgIpc) is 2.54. The molecule has 0 saturated heterocycles. The molecule has 0 atom stereocenters. The van der Waals surface area contributed by atoms with Gasteiger partial charge in [0.05, 0.1) is 12.2 Å². The van der Waals surface area contributed by atoms with Crippen LogP contribution in [0.4, 0.5) is 18.9 Å². The van der Waals surface area contributed by atoms with Crippen molar-refractivity contribution in [1.82, 2.24) is 9.88 Å². The monoisotopic (exact) mass is 396 g/mol. The third-order valence-corrected chi connectivity index (χ3v) is 2.65. The van der Waals surface area contributed by atoms with Gasteiger partial charge >= 0.3 is 12.1 Å². The van der Waals surface area contributed by atoms with E-state index in [4.69, 9.17) is 31.9 Å². The maximum atomic E-state index is 11.8. The van der Waals surface area contributed by atoms with E-state index in [1.165, 1.54) is 10.6 Å². The standard InChI is InChI=1S/C11H18N6O3.C2HF3O2/c1-7-2-3-8(12)10(19)17(7)6-9(18)15-4-5-20-16-11(13)14;3-2(4,5)1(6)7/h2-3H,4-6,12H2,1H3,(H,15,18)(H4,13,14,16);(H,6,7). The van der Waals surface area contributed by atoms with E-state index in [0.29, 0.717) is 5.69 Å². The molecule has 8 N–H and O–H groups in total. The topological polar surface area (TPSA) is 188 Å². The number of alkyl halides is 3. The fourth-order valence-electron chi connectivity index (χ4n) is 1.44. The van der Waals surface area contributed by atoms with Gasteiger partial charge in [0.25, 0.3) is 5.56 Å². The lowest BCUT2D eigenvalue weighted by Gasteiger charge is -2.10. The predicted octanol–water partition coefficient (Wildman–Crippen LogP) is -1.31. The highest BCUT2D eigenvalue weighted by Gasteiger charge is 2.38. The van der Waals surface area contributed by atoms with Crippen LogP contribution in [0, 0.1) is 6.92 Å². The van der Waals surface area contributed by atoms with E-state index in [2.05, 4.69) is 10.5 Å². The Labute approximate surface area is 150 Å². The number of oxime groups is 1. The summed E-state index contributed by atoms with van der Waals surface area (Å²) < 4.78 is 33.0. The minimum Gasteiger partial charge on any atom is -0.475 e. The molecular formula is C13H19F3N6O5. The first kappa shape index (κ1) is 23.5. The number of hydrogen-bond donors (Lipinski definition) is 5. The Morgan fingerprint density at radius 2 is 1.89 bits per heavy atom. The Bertz CT molecular complexity index is 743. The molecule has 1 heterocycles. The smallest absolute Gasteiger partial charge is 0.475 e. The van der Waals surface area contributed by atoms with Gasteiger partial charge in [-0.25, -0.2) is 4.79 Å². The van der Waals surface area contributed by atoms with Crippen LogP contribution >= 0.6 is 0 Å². The molecule has 0 aromatic carbocycles. The molecule has 1 aromatic heterocycles. The zero-order valence-electron chi connectivity index (χ0n) is 14.1. The molecule has 0 unspecified atom stereocenters. The van der Waals surface area contributed by atoms with Crippen LogP contribution in [0.5, 0.6) is 0 Å². The molecule has 11 nitrogen and oxygen atoms in total. The van der Waals surface area contributed by atoms with Crippen LogP contribution < -0.4 is 28.1 Å². The lowest BCUT2D eigenvalue weighted by molar-refractivity contribution is -0.192. The second kappa shape index (κ2) is 10.5. The van der Waals surface area contributed by atoms with Crippen molar-refractivity contribution in [3.8, 4) is 0 Å². The summed E-state index contributed by atoms with van der Waals surface area (Å²) in [5.74, 6) is -3.29. The number of carboxylic acid groups (broad SMARTS) is 1. The zero-order chi connectivity index (χ0) is 21.2. The summed E-state index contributed by atoms with van der Waals surface area (Å²) in [6, 6.07) is 3.18. The lowest BCUT2D eigenvalue weighted by atomic mass is 10.3. The summed E-state index contributed by atoms with van der Waals surface area (Å²) in [4.78, 5) is 37.0. The van der Waals surface area contributed by atoms with Gasteiger partial charge in [-0.15, -0.1) is 0 Å². The Hall–Kier alpha value is -3.45. The van der Waals surface area contributed by atoms with Gasteiger partial charge < -0.3 is 37.0 Å². The van der Waals surface area contributed by atoms with E-state index in [1.54, 1.807) is 13.0 Å². The number of aryl methyl sites for hydroxylation is 1. The SMILES string of the molecule is Cc1ccc(N)c(=O)n1CC(=O)NCCON=C(N)N.O=C(O)C(F)(F)F. The highest BCUT2D eigenvalue weighted by Crippen LogP contribution is 2.13. The summed E-state index contributed by atoms with van der Waals surface area (Å²) in [6.45, 7) is 1.94. The molecule has 152 valence electrons. The normalized spacial score (nSPS) is 10.2. The van der Waals surface area contributed by atoms with Gasteiger partial charge in [0.1, 0.15) is 13.2 Å². The molecule has 1 rings (SSSR count). The molecule has 0 spiro atoms. The number of guanidine groups is 1. The summed E-state index contributed by atoms with van der Waals surface area (Å²) in [6.07, 6.45) is -5.08. The minimum absolute atomic E-state index is 0.0968. The first-order valence-electron chi connectivity index (χ1n) is 7.10. The van der Waals surface area contributed by atoms with Gasteiger partial charge in [-0.1, -0.05) is 0 Å². The average molecular weight is 396 g/mol. The van der Waals surface area contributed by atoms with E-state index < -0.39 is 17.7 Å². The number of hydrogen-bond acceptors (Lipinski definition) is 6. The fourth-order valence-corrected chi connectivity index (χ4v) is 1.44. The Morgan fingerprint density at radius 1 is 1.33 bits per heavy atom. The number of nitrogens with one attached hydrogen (secondary N) is 1. The molecule has 0 saturated carbocycles.